The van der Waals surface area contributed by atoms with Gasteiger partial charge in [0.1, 0.15) is 0 Å². The van der Waals surface area contributed by atoms with Gasteiger partial charge in [-0.05, 0) is 42.0 Å². The molecule has 5 nitrogen and oxygen atoms in total. The molecule has 2 unspecified atom stereocenters. The van der Waals surface area contributed by atoms with E-state index < -0.39 is 5.60 Å². The Bertz CT molecular complexity index is 843. The standard InChI is InChI=1S/C23H28N2O3/c1-16-9-11-24-21(23(27-3)14-28-15-23)20(16)19-10-12-25(22(26)17(19)2)13-18-7-5-4-6-8-18/h4-9,11,17,19H,10,12-15H2,1-3H3. The normalized spacial score (nSPS) is 24.1. The van der Waals surface area contributed by atoms with Gasteiger partial charge < -0.3 is 14.4 Å². The highest BCUT2D eigenvalue weighted by molar-refractivity contribution is 5.80. The van der Waals surface area contributed by atoms with Gasteiger partial charge in [-0.2, -0.15) is 0 Å². The van der Waals surface area contributed by atoms with E-state index in [-0.39, 0.29) is 17.7 Å². The molecule has 1 aromatic carbocycles. The Morgan fingerprint density at radius 1 is 1.25 bits per heavy atom. The maximum Gasteiger partial charge on any atom is 0.226 e. The van der Waals surface area contributed by atoms with Crippen molar-refractivity contribution in [2.24, 2.45) is 5.92 Å². The Kier molecular flexibility index (Phi) is 5.21. The Labute approximate surface area is 166 Å². The average molecular weight is 380 g/mol. The summed E-state index contributed by atoms with van der Waals surface area (Å²) >= 11 is 0. The van der Waals surface area contributed by atoms with Crippen LogP contribution in [-0.2, 0) is 26.4 Å². The van der Waals surface area contributed by atoms with Crippen molar-refractivity contribution in [3.8, 4) is 0 Å². The molecule has 2 atom stereocenters. The molecule has 0 N–H and O–H groups in total. The van der Waals surface area contributed by atoms with Crippen LogP contribution in [0.2, 0.25) is 0 Å². The second kappa shape index (κ2) is 7.64. The zero-order valence-corrected chi connectivity index (χ0v) is 16.9. The minimum atomic E-state index is -0.481. The number of nitrogens with zero attached hydrogens (tertiary/aromatic N) is 2. The van der Waals surface area contributed by atoms with E-state index in [1.165, 1.54) is 16.7 Å². The monoisotopic (exact) mass is 380 g/mol. The van der Waals surface area contributed by atoms with E-state index in [4.69, 9.17) is 14.5 Å². The molecule has 3 heterocycles. The second-order valence-electron chi connectivity index (χ2n) is 8.01. The van der Waals surface area contributed by atoms with Crippen LogP contribution in [0.4, 0.5) is 0 Å². The fourth-order valence-electron chi connectivity index (χ4n) is 4.51. The molecule has 148 valence electrons. The van der Waals surface area contributed by atoms with Crippen LogP contribution in [0, 0.1) is 12.8 Å². The van der Waals surface area contributed by atoms with Gasteiger partial charge in [-0.1, -0.05) is 37.3 Å². The molecule has 2 aliphatic heterocycles. The van der Waals surface area contributed by atoms with Crippen LogP contribution in [0.15, 0.2) is 42.6 Å². The summed E-state index contributed by atoms with van der Waals surface area (Å²) in [6, 6.07) is 12.2. The number of piperidine rings is 1. The Hall–Kier alpha value is -2.24. The van der Waals surface area contributed by atoms with Crippen LogP contribution in [0.25, 0.3) is 0 Å². The van der Waals surface area contributed by atoms with E-state index in [1.807, 2.05) is 35.4 Å². The third-order valence-corrected chi connectivity index (χ3v) is 6.30. The van der Waals surface area contributed by atoms with E-state index in [1.54, 1.807) is 7.11 Å². The molecule has 1 amide bonds. The summed E-state index contributed by atoms with van der Waals surface area (Å²) in [5.41, 5.74) is 3.99. The largest absolute Gasteiger partial charge is 0.374 e. The minimum absolute atomic E-state index is 0.0889. The van der Waals surface area contributed by atoms with Gasteiger partial charge in [0.2, 0.25) is 5.91 Å². The number of methoxy groups -OCH3 is 1. The van der Waals surface area contributed by atoms with Crippen molar-refractivity contribution < 1.29 is 14.3 Å². The maximum absolute atomic E-state index is 13.2. The lowest BCUT2D eigenvalue weighted by atomic mass is 9.75. The van der Waals surface area contributed by atoms with Gasteiger partial charge in [0.25, 0.3) is 0 Å². The third-order valence-electron chi connectivity index (χ3n) is 6.30. The average Bonchev–Trinajstić information content (AvgIpc) is 2.67. The first-order valence-corrected chi connectivity index (χ1v) is 9.97. The number of aryl methyl sites for hydroxylation is 1. The third kappa shape index (κ3) is 3.23. The molecule has 5 heteroatoms. The summed E-state index contributed by atoms with van der Waals surface area (Å²) in [4.78, 5) is 19.9. The molecule has 28 heavy (non-hydrogen) atoms. The zero-order valence-electron chi connectivity index (χ0n) is 16.9. The molecule has 0 bridgehead atoms. The zero-order chi connectivity index (χ0) is 19.7. The number of hydrogen-bond donors (Lipinski definition) is 0. The van der Waals surface area contributed by atoms with Gasteiger partial charge in [0.15, 0.2) is 5.60 Å². The van der Waals surface area contributed by atoms with Crippen LogP contribution < -0.4 is 0 Å². The summed E-state index contributed by atoms with van der Waals surface area (Å²) in [6.45, 7) is 6.62. The van der Waals surface area contributed by atoms with E-state index in [9.17, 15) is 4.79 Å². The maximum atomic E-state index is 13.2. The molecule has 2 saturated heterocycles. The highest BCUT2D eigenvalue weighted by atomic mass is 16.6. The first kappa shape index (κ1) is 19.1. The summed E-state index contributed by atoms with van der Waals surface area (Å²) in [6.07, 6.45) is 2.77. The van der Waals surface area contributed by atoms with Gasteiger partial charge in [0.05, 0.1) is 18.9 Å². The second-order valence-corrected chi connectivity index (χ2v) is 8.01. The van der Waals surface area contributed by atoms with E-state index in [0.29, 0.717) is 19.8 Å². The first-order valence-electron chi connectivity index (χ1n) is 9.97. The Morgan fingerprint density at radius 3 is 2.64 bits per heavy atom. The minimum Gasteiger partial charge on any atom is -0.374 e. The molecule has 2 aromatic rings. The molecule has 0 saturated carbocycles. The number of hydrogen-bond acceptors (Lipinski definition) is 4. The number of amides is 1. The summed E-state index contributed by atoms with van der Waals surface area (Å²) in [7, 11) is 1.72. The van der Waals surface area contributed by atoms with Crippen molar-refractivity contribution in [1.82, 2.24) is 9.88 Å². The molecule has 0 aliphatic carbocycles. The van der Waals surface area contributed by atoms with Crippen LogP contribution in [-0.4, -0.2) is 42.7 Å². The fraction of sp³-hybridized carbons (Fsp3) is 0.478. The van der Waals surface area contributed by atoms with Gasteiger partial charge >= 0.3 is 0 Å². The number of rotatable bonds is 5. The SMILES string of the molecule is COC1(c2nccc(C)c2C2CCN(Cc3ccccc3)C(=O)C2C)COC1. The van der Waals surface area contributed by atoms with Crippen LogP contribution in [0.3, 0.4) is 0 Å². The molecule has 4 rings (SSSR count). The number of pyridine rings is 1. The lowest BCUT2D eigenvalue weighted by Crippen LogP contribution is -2.50. The number of aromatic nitrogens is 1. The number of carbonyl (C=O) groups excluding carboxylic acids is 1. The summed E-state index contributed by atoms with van der Waals surface area (Å²) in [5.74, 6) is 0.274. The summed E-state index contributed by atoms with van der Waals surface area (Å²) < 4.78 is 11.3. The first-order chi connectivity index (χ1) is 13.6. The molecular weight excluding hydrogens is 352 g/mol. The van der Waals surface area contributed by atoms with Crippen LogP contribution in [0.1, 0.15) is 41.6 Å². The van der Waals surface area contributed by atoms with Crippen molar-refractivity contribution in [2.45, 2.75) is 38.3 Å². The smallest absolute Gasteiger partial charge is 0.226 e. The topological polar surface area (TPSA) is 51.7 Å². The number of ether oxygens (including phenoxy) is 2. The number of carbonyl (C=O) groups is 1. The van der Waals surface area contributed by atoms with Crippen molar-refractivity contribution >= 4 is 5.91 Å². The molecule has 0 radical (unpaired) electrons. The van der Waals surface area contributed by atoms with Crippen molar-refractivity contribution in [1.29, 1.82) is 0 Å². The van der Waals surface area contributed by atoms with E-state index in [2.05, 4.69) is 26.0 Å². The number of benzene rings is 1. The van der Waals surface area contributed by atoms with Gasteiger partial charge in [-0.25, -0.2) is 0 Å². The molecular formula is C23H28N2O3. The fourth-order valence-corrected chi connectivity index (χ4v) is 4.51. The van der Waals surface area contributed by atoms with Crippen molar-refractivity contribution in [3.05, 3.63) is 65.0 Å². The summed E-state index contributed by atoms with van der Waals surface area (Å²) in [5, 5.41) is 0. The van der Waals surface area contributed by atoms with Crippen molar-refractivity contribution in [2.75, 3.05) is 26.9 Å². The van der Waals surface area contributed by atoms with Crippen LogP contribution >= 0.6 is 0 Å². The molecule has 1 aromatic heterocycles. The van der Waals surface area contributed by atoms with Crippen molar-refractivity contribution in [3.63, 3.8) is 0 Å². The molecule has 2 aliphatic rings. The predicted octanol–water partition coefficient (Wildman–Crippen LogP) is 3.41. The predicted molar refractivity (Wildman–Crippen MR) is 107 cm³/mol. The highest BCUT2D eigenvalue weighted by Gasteiger charge is 2.46. The number of likely N-dealkylation sites (tertiary alicyclic amines) is 1. The Balaban J connectivity index is 1.61. The lowest BCUT2D eigenvalue weighted by Gasteiger charge is -2.43. The van der Waals surface area contributed by atoms with Crippen LogP contribution in [0.5, 0.6) is 0 Å². The Morgan fingerprint density at radius 2 is 2.00 bits per heavy atom. The van der Waals surface area contributed by atoms with E-state index >= 15 is 0 Å². The lowest BCUT2D eigenvalue weighted by molar-refractivity contribution is -0.205. The molecule has 2 fully saturated rings. The van der Waals surface area contributed by atoms with Gasteiger partial charge in [-0.3, -0.25) is 9.78 Å². The van der Waals surface area contributed by atoms with Gasteiger partial charge in [0, 0.05) is 32.3 Å². The highest BCUT2D eigenvalue weighted by Crippen LogP contribution is 2.42. The molecule has 0 spiro atoms. The van der Waals surface area contributed by atoms with Gasteiger partial charge in [-0.15, -0.1) is 0 Å². The van der Waals surface area contributed by atoms with E-state index in [0.717, 1.165) is 18.7 Å². The quantitative estimate of drug-likeness (QED) is 0.798.